The zero-order valence-corrected chi connectivity index (χ0v) is 16.5. The molecule has 1 saturated heterocycles. The van der Waals surface area contributed by atoms with Crippen LogP contribution in [0, 0.1) is 5.92 Å². The monoisotopic (exact) mass is 358 g/mol. The first kappa shape index (κ1) is 20.5. The Labute approximate surface area is 145 Å². The van der Waals surface area contributed by atoms with Gasteiger partial charge in [0, 0.05) is 21.2 Å². The van der Waals surface area contributed by atoms with Gasteiger partial charge >= 0.3 is 12.2 Å². The Kier molecular flexibility index (Phi) is 6.83. The first-order chi connectivity index (χ1) is 10.9. The van der Waals surface area contributed by atoms with Crippen molar-refractivity contribution in [2.75, 3.05) is 19.7 Å². The van der Waals surface area contributed by atoms with Gasteiger partial charge in [-0.1, -0.05) is 19.6 Å². The van der Waals surface area contributed by atoms with E-state index >= 15 is 0 Å². The largest absolute Gasteiger partial charge is 0.450 e. The van der Waals surface area contributed by atoms with Gasteiger partial charge in [-0.3, -0.25) is 0 Å². The number of amides is 2. The third-order valence-electron chi connectivity index (χ3n) is 3.58. The maximum Gasteiger partial charge on any atom is 0.410 e. The summed E-state index contributed by atoms with van der Waals surface area (Å²) < 4.78 is 10.5. The van der Waals surface area contributed by atoms with Gasteiger partial charge in [0.25, 0.3) is 0 Å². The molecule has 0 radical (unpaired) electrons. The Bertz CT molecular complexity index is 470. The smallest absolute Gasteiger partial charge is 0.410 e. The second-order valence-electron chi connectivity index (χ2n) is 8.38. The molecule has 0 bridgehead atoms. The zero-order chi connectivity index (χ0) is 18.5. The molecule has 7 nitrogen and oxygen atoms in total. The summed E-state index contributed by atoms with van der Waals surface area (Å²) in [5.41, 5.74) is -0.602. The molecule has 1 heterocycles. The summed E-state index contributed by atoms with van der Waals surface area (Å²) in [6.45, 7) is 12.8. The van der Waals surface area contributed by atoms with Crippen LogP contribution in [0.5, 0.6) is 0 Å². The number of carbonyl (C=O) groups excluding carboxylic acids is 3. The topological polar surface area (TPSA) is 84.9 Å². The molecule has 1 aliphatic heterocycles. The van der Waals surface area contributed by atoms with E-state index in [0.29, 0.717) is 6.61 Å². The van der Waals surface area contributed by atoms with Crippen molar-refractivity contribution in [3.8, 4) is 0 Å². The minimum absolute atomic E-state index is 0.234. The summed E-state index contributed by atoms with van der Waals surface area (Å²) in [4.78, 5) is 36.6. The van der Waals surface area contributed by atoms with E-state index in [1.54, 1.807) is 20.8 Å². The molecule has 1 fully saturated rings. The van der Waals surface area contributed by atoms with Gasteiger partial charge in [0.05, 0.1) is 18.6 Å². The average molecular weight is 359 g/mol. The highest BCUT2D eigenvalue weighted by molar-refractivity contribution is 6.76. The molecule has 8 heteroatoms. The first-order valence-corrected chi connectivity index (χ1v) is 12.0. The van der Waals surface area contributed by atoms with Gasteiger partial charge in [0.1, 0.15) is 11.9 Å². The standard InChI is InChI=1S/C16H30N2O5Si/c1-16(2,3)23-15(21)18-9-12(11-19)13(10-18)17-14(20)22-7-8-24(4,5)6/h11-13H,7-10H2,1-6H3,(H,17,20)/t12-,13+/m0/s1. The van der Waals surface area contributed by atoms with E-state index in [1.807, 2.05) is 0 Å². The minimum Gasteiger partial charge on any atom is -0.450 e. The van der Waals surface area contributed by atoms with E-state index < -0.39 is 37.8 Å². The zero-order valence-electron chi connectivity index (χ0n) is 15.5. The average Bonchev–Trinajstić information content (AvgIpc) is 2.78. The van der Waals surface area contributed by atoms with Crippen molar-refractivity contribution in [3.63, 3.8) is 0 Å². The number of alkyl carbamates (subject to hydrolysis) is 1. The fourth-order valence-electron chi connectivity index (χ4n) is 2.24. The number of rotatable bonds is 5. The van der Waals surface area contributed by atoms with Crippen LogP contribution in [0.1, 0.15) is 20.8 Å². The molecule has 0 aromatic carbocycles. The number of nitrogens with zero attached hydrogens (tertiary/aromatic N) is 1. The number of likely N-dealkylation sites (tertiary alicyclic amines) is 1. The van der Waals surface area contributed by atoms with Crippen LogP contribution in [-0.4, -0.2) is 62.8 Å². The Balaban J connectivity index is 2.51. The van der Waals surface area contributed by atoms with E-state index in [-0.39, 0.29) is 13.1 Å². The van der Waals surface area contributed by atoms with Crippen LogP contribution < -0.4 is 5.32 Å². The van der Waals surface area contributed by atoms with Crippen LogP contribution in [0.15, 0.2) is 0 Å². The highest BCUT2D eigenvalue weighted by Crippen LogP contribution is 2.19. The summed E-state index contributed by atoms with van der Waals surface area (Å²) in [6, 6.07) is 0.432. The fraction of sp³-hybridized carbons (Fsp3) is 0.812. The number of hydrogen-bond donors (Lipinski definition) is 1. The molecule has 1 aliphatic rings. The predicted octanol–water partition coefficient (Wildman–Crippen LogP) is 2.49. The van der Waals surface area contributed by atoms with Crippen LogP contribution in [0.2, 0.25) is 25.7 Å². The molecule has 24 heavy (non-hydrogen) atoms. The van der Waals surface area contributed by atoms with Gasteiger partial charge in [-0.05, 0) is 26.8 Å². The molecule has 0 saturated carbocycles. The van der Waals surface area contributed by atoms with E-state index in [0.717, 1.165) is 12.3 Å². The minimum atomic E-state index is -1.27. The lowest BCUT2D eigenvalue weighted by Gasteiger charge is -2.24. The molecule has 138 valence electrons. The lowest BCUT2D eigenvalue weighted by Crippen LogP contribution is -2.42. The Morgan fingerprint density at radius 1 is 1.25 bits per heavy atom. The summed E-state index contributed by atoms with van der Waals surface area (Å²) in [5, 5.41) is 2.69. The summed E-state index contributed by atoms with van der Waals surface area (Å²) >= 11 is 0. The number of aldehydes is 1. The maximum absolute atomic E-state index is 12.1. The summed E-state index contributed by atoms with van der Waals surface area (Å²) in [5.74, 6) is -0.456. The maximum atomic E-state index is 12.1. The van der Waals surface area contributed by atoms with Crippen LogP contribution >= 0.6 is 0 Å². The Hall–Kier alpha value is -1.57. The van der Waals surface area contributed by atoms with Gasteiger partial charge < -0.3 is 24.5 Å². The molecule has 0 aromatic rings. The van der Waals surface area contributed by atoms with Crippen molar-refractivity contribution < 1.29 is 23.9 Å². The van der Waals surface area contributed by atoms with Crippen LogP contribution in [-0.2, 0) is 14.3 Å². The van der Waals surface area contributed by atoms with Crippen molar-refractivity contribution in [3.05, 3.63) is 0 Å². The Morgan fingerprint density at radius 3 is 2.38 bits per heavy atom. The van der Waals surface area contributed by atoms with Gasteiger partial charge in [0.2, 0.25) is 0 Å². The summed E-state index contributed by atoms with van der Waals surface area (Å²) in [7, 11) is -1.27. The third-order valence-corrected chi connectivity index (χ3v) is 5.28. The molecule has 1 N–H and O–H groups in total. The molecule has 0 spiro atoms. The van der Waals surface area contributed by atoms with Crippen molar-refractivity contribution in [2.45, 2.75) is 58.1 Å². The molecular weight excluding hydrogens is 328 g/mol. The molecule has 0 aliphatic carbocycles. The van der Waals surface area contributed by atoms with Crippen molar-refractivity contribution in [1.82, 2.24) is 10.2 Å². The molecule has 0 unspecified atom stereocenters. The van der Waals surface area contributed by atoms with Crippen LogP contribution in [0.25, 0.3) is 0 Å². The van der Waals surface area contributed by atoms with Crippen LogP contribution in [0.4, 0.5) is 9.59 Å². The second-order valence-corrected chi connectivity index (χ2v) is 14.0. The van der Waals surface area contributed by atoms with Gasteiger partial charge in [-0.25, -0.2) is 9.59 Å². The molecule has 2 atom stereocenters. The SMILES string of the molecule is CC(C)(C)OC(=O)N1C[C@@H](C=O)[C@H](NC(=O)OCC[Si](C)(C)C)C1. The second kappa shape index (κ2) is 8.00. The number of nitrogens with one attached hydrogen (secondary N) is 1. The van der Waals surface area contributed by atoms with Gasteiger partial charge in [-0.15, -0.1) is 0 Å². The van der Waals surface area contributed by atoms with Gasteiger partial charge in [0.15, 0.2) is 0 Å². The fourth-order valence-corrected chi connectivity index (χ4v) is 2.95. The molecule has 1 rings (SSSR count). The van der Waals surface area contributed by atoms with E-state index in [4.69, 9.17) is 9.47 Å². The van der Waals surface area contributed by atoms with Gasteiger partial charge in [-0.2, -0.15) is 0 Å². The normalized spacial score (nSPS) is 21.3. The van der Waals surface area contributed by atoms with Crippen molar-refractivity contribution >= 4 is 26.5 Å². The lowest BCUT2D eigenvalue weighted by molar-refractivity contribution is -0.111. The number of ether oxygens (including phenoxy) is 2. The lowest BCUT2D eigenvalue weighted by atomic mass is 10.1. The Morgan fingerprint density at radius 2 is 1.88 bits per heavy atom. The van der Waals surface area contributed by atoms with E-state index in [9.17, 15) is 14.4 Å². The van der Waals surface area contributed by atoms with Crippen molar-refractivity contribution in [2.24, 2.45) is 5.92 Å². The van der Waals surface area contributed by atoms with E-state index in [2.05, 4.69) is 25.0 Å². The quantitative estimate of drug-likeness (QED) is 0.603. The van der Waals surface area contributed by atoms with Crippen molar-refractivity contribution in [1.29, 1.82) is 0 Å². The highest BCUT2D eigenvalue weighted by Gasteiger charge is 2.38. The number of carbonyl (C=O) groups is 3. The van der Waals surface area contributed by atoms with Crippen LogP contribution in [0.3, 0.4) is 0 Å². The molecule has 0 aromatic heterocycles. The number of hydrogen-bond acceptors (Lipinski definition) is 5. The highest BCUT2D eigenvalue weighted by atomic mass is 28.3. The predicted molar refractivity (Wildman–Crippen MR) is 93.8 cm³/mol. The summed E-state index contributed by atoms with van der Waals surface area (Å²) in [6.07, 6.45) is -0.265. The molecular formula is C16H30N2O5Si. The first-order valence-electron chi connectivity index (χ1n) is 8.28. The third kappa shape index (κ3) is 7.33. The molecule has 2 amide bonds. The van der Waals surface area contributed by atoms with E-state index in [1.165, 1.54) is 4.90 Å².